The number of aliphatic hydroxyl groups is 7. The van der Waals surface area contributed by atoms with Gasteiger partial charge in [-0.05, 0) is 6.42 Å². The second-order valence-electron chi connectivity index (χ2n) is 9.75. The van der Waals surface area contributed by atoms with Crippen LogP contribution in [-0.4, -0.2) is 129 Å². The molecular formula is C24H44O12. The molecule has 12 nitrogen and oxygen atoms in total. The molecule has 212 valence electrons. The van der Waals surface area contributed by atoms with Crippen LogP contribution in [0.2, 0.25) is 0 Å². The van der Waals surface area contributed by atoms with Gasteiger partial charge < -0.3 is 54.7 Å². The summed E-state index contributed by atoms with van der Waals surface area (Å²) in [6.45, 7) is -0.195. The molecule has 0 spiro atoms. The van der Waals surface area contributed by atoms with Crippen LogP contribution in [0, 0.1) is 0 Å². The summed E-state index contributed by atoms with van der Waals surface area (Å²) in [5.41, 5.74) is -1.70. The molecule has 0 saturated carbocycles. The van der Waals surface area contributed by atoms with Crippen molar-refractivity contribution >= 4 is 5.97 Å². The Hall–Kier alpha value is -0.930. The molecule has 12 heteroatoms. The van der Waals surface area contributed by atoms with E-state index in [9.17, 15) is 40.5 Å². The summed E-state index contributed by atoms with van der Waals surface area (Å²) in [5, 5.41) is 69.9. The lowest BCUT2D eigenvalue weighted by Crippen LogP contribution is -2.60. The van der Waals surface area contributed by atoms with E-state index in [1.165, 1.54) is 19.3 Å². The molecule has 0 aliphatic carbocycles. The molecule has 36 heavy (non-hydrogen) atoms. The number of rotatable bonds is 16. The quantitative estimate of drug-likeness (QED) is 0.0902. The van der Waals surface area contributed by atoms with Gasteiger partial charge in [0, 0.05) is 6.42 Å². The van der Waals surface area contributed by atoms with Crippen molar-refractivity contribution in [3.63, 3.8) is 0 Å². The predicted molar refractivity (Wildman–Crippen MR) is 125 cm³/mol. The highest BCUT2D eigenvalue weighted by molar-refractivity contribution is 5.69. The Morgan fingerprint density at radius 3 is 2.00 bits per heavy atom. The Balaban J connectivity index is 1.78. The van der Waals surface area contributed by atoms with Gasteiger partial charge in [-0.25, -0.2) is 0 Å². The van der Waals surface area contributed by atoms with Crippen LogP contribution < -0.4 is 0 Å². The number of carbonyl (C=O) groups is 1. The monoisotopic (exact) mass is 524 g/mol. The number of aliphatic hydroxyl groups excluding tert-OH is 7. The summed E-state index contributed by atoms with van der Waals surface area (Å²) in [5.74, 6) is -0.443. The first-order valence-corrected chi connectivity index (χ1v) is 12.9. The van der Waals surface area contributed by atoms with Crippen molar-refractivity contribution in [2.45, 2.75) is 113 Å². The summed E-state index contributed by atoms with van der Waals surface area (Å²) >= 11 is 0. The normalized spacial score (nSPS) is 36.8. The van der Waals surface area contributed by atoms with Crippen molar-refractivity contribution in [3.05, 3.63) is 0 Å². The predicted octanol–water partition coefficient (Wildman–Crippen LogP) is -1.62. The lowest BCUT2D eigenvalue weighted by Gasteiger charge is -2.40. The van der Waals surface area contributed by atoms with Gasteiger partial charge in [0.2, 0.25) is 0 Å². The van der Waals surface area contributed by atoms with Crippen molar-refractivity contribution in [3.8, 4) is 0 Å². The van der Waals surface area contributed by atoms with Gasteiger partial charge in [0.1, 0.15) is 61.0 Å². The number of hydrogen-bond acceptors (Lipinski definition) is 12. The first-order chi connectivity index (χ1) is 17.2. The third kappa shape index (κ3) is 8.29. The molecule has 0 aromatic rings. The fourth-order valence-corrected chi connectivity index (χ4v) is 4.52. The van der Waals surface area contributed by atoms with E-state index in [1.54, 1.807) is 0 Å². The second kappa shape index (κ2) is 15.5. The molecule has 7 N–H and O–H groups in total. The Morgan fingerprint density at radius 2 is 1.42 bits per heavy atom. The third-order valence-corrected chi connectivity index (χ3v) is 6.91. The average Bonchev–Trinajstić information content (AvgIpc) is 3.12. The van der Waals surface area contributed by atoms with E-state index in [4.69, 9.17) is 18.9 Å². The van der Waals surface area contributed by atoms with Gasteiger partial charge in [-0.1, -0.05) is 45.4 Å². The molecule has 9 atom stereocenters. The van der Waals surface area contributed by atoms with Crippen molar-refractivity contribution < 1.29 is 59.5 Å². The highest BCUT2D eigenvalue weighted by Crippen LogP contribution is 2.32. The molecule has 4 unspecified atom stereocenters. The zero-order valence-corrected chi connectivity index (χ0v) is 21.0. The number of hydrogen-bond donors (Lipinski definition) is 7. The number of ether oxygens (including phenoxy) is 4. The summed E-state index contributed by atoms with van der Waals surface area (Å²) in [4.78, 5) is 12.1. The van der Waals surface area contributed by atoms with Crippen LogP contribution in [-0.2, 0) is 23.7 Å². The Kier molecular flexibility index (Phi) is 13.4. The first kappa shape index (κ1) is 31.3. The van der Waals surface area contributed by atoms with Gasteiger partial charge in [0.25, 0.3) is 0 Å². The van der Waals surface area contributed by atoms with Gasteiger partial charge >= 0.3 is 5.97 Å². The second-order valence-corrected chi connectivity index (χ2v) is 9.75. The smallest absolute Gasteiger partial charge is 0.305 e. The summed E-state index contributed by atoms with van der Waals surface area (Å²) in [6.07, 6.45) is -3.25. The van der Waals surface area contributed by atoms with E-state index in [2.05, 4.69) is 6.92 Å². The van der Waals surface area contributed by atoms with Gasteiger partial charge in [-0.3, -0.25) is 4.79 Å². The largest absolute Gasteiger partial charge is 0.463 e. The van der Waals surface area contributed by atoms with Crippen molar-refractivity contribution in [2.24, 2.45) is 0 Å². The zero-order chi connectivity index (χ0) is 26.7. The van der Waals surface area contributed by atoms with Crippen LogP contribution >= 0.6 is 0 Å². The molecule has 2 fully saturated rings. The maximum atomic E-state index is 12.1. The van der Waals surface area contributed by atoms with E-state index < -0.39 is 80.2 Å². The molecule has 2 heterocycles. The molecule has 0 amide bonds. The molecule has 2 aliphatic heterocycles. The Morgan fingerprint density at radius 1 is 0.806 bits per heavy atom. The van der Waals surface area contributed by atoms with Crippen LogP contribution in [0.3, 0.4) is 0 Å². The van der Waals surface area contributed by atoms with Gasteiger partial charge in [-0.15, -0.1) is 0 Å². The SMILES string of the molecule is CCCCCCCCCC(=O)OCC1O[C@@H](COC[C@]2(CO)O[C@@H](CO)C(O)[C@H]2O)C(O)C(O)[C@H]1O. The molecule has 0 bridgehead atoms. The van der Waals surface area contributed by atoms with E-state index >= 15 is 0 Å². The summed E-state index contributed by atoms with van der Waals surface area (Å²) in [7, 11) is 0. The van der Waals surface area contributed by atoms with Gasteiger partial charge in [0.15, 0.2) is 0 Å². The van der Waals surface area contributed by atoms with Gasteiger partial charge in [-0.2, -0.15) is 0 Å². The molecule has 2 aliphatic rings. The van der Waals surface area contributed by atoms with Crippen LogP contribution in [0.1, 0.15) is 58.3 Å². The molecule has 0 radical (unpaired) electrons. The highest BCUT2D eigenvalue weighted by Gasteiger charge is 2.54. The Bertz CT molecular complexity index is 636. The van der Waals surface area contributed by atoms with E-state index in [0.717, 1.165) is 19.3 Å². The maximum absolute atomic E-state index is 12.1. The minimum Gasteiger partial charge on any atom is -0.463 e. The van der Waals surface area contributed by atoms with E-state index in [0.29, 0.717) is 6.42 Å². The molecule has 2 saturated heterocycles. The van der Waals surface area contributed by atoms with Crippen molar-refractivity contribution in [2.75, 3.05) is 33.0 Å². The minimum atomic E-state index is -1.70. The Labute approximate surface area is 211 Å². The third-order valence-electron chi connectivity index (χ3n) is 6.91. The zero-order valence-electron chi connectivity index (χ0n) is 21.0. The maximum Gasteiger partial charge on any atom is 0.305 e. The van der Waals surface area contributed by atoms with Crippen molar-refractivity contribution in [1.82, 2.24) is 0 Å². The first-order valence-electron chi connectivity index (χ1n) is 12.9. The lowest BCUT2D eigenvalue weighted by molar-refractivity contribution is -0.246. The van der Waals surface area contributed by atoms with Crippen molar-refractivity contribution in [1.29, 1.82) is 0 Å². The topological polar surface area (TPSA) is 196 Å². The van der Waals surface area contributed by atoms with Crippen LogP contribution in [0.4, 0.5) is 0 Å². The average molecular weight is 525 g/mol. The minimum absolute atomic E-state index is 0.237. The summed E-state index contributed by atoms with van der Waals surface area (Å²) < 4.78 is 21.7. The number of unbranched alkanes of at least 4 members (excludes halogenated alkanes) is 6. The fraction of sp³-hybridized carbons (Fsp3) is 0.958. The molecule has 2 rings (SSSR count). The number of esters is 1. The van der Waals surface area contributed by atoms with Crippen LogP contribution in [0.5, 0.6) is 0 Å². The van der Waals surface area contributed by atoms with E-state index in [-0.39, 0.29) is 19.6 Å². The fourth-order valence-electron chi connectivity index (χ4n) is 4.52. The van der Waals surface area contributed by atoms with Gasteiger partial charge in [0.05, 0.1) is 26.4 Å². The summed E-state index contributed by atoms with van der Waals surface area (Å²) in [6, 6.07) is 0. The molecule has 0 aromatic heterocycles. The molecule has 0 aromatic carbocycles. The van der Waals surface area contributed by atoms with Crippen LogP contribution in [0.15, 0.2) is 0 Å². The highest BCUT2D eigenvalue weighted by atomic mass is 16.6. The lowest BCUT2D eigenvalue weighted by atomic mass is 9.95. The van der Waals surface area contributed by atoms with Crippen LogP contribution in [0.25, 0.3) is 0 Å². The molecular weight excluding hydrogens is 480 g/mol. The standard InChI is InChI=1S/C24H44O12/c1-2-3-4-5-6-7-8-9-18(27)34-12-17-20(29)22(31)19(28)16(35-17)11-33-14-24(13-26)23(32)21(30)15(10-25)36-24/h15-17,19-23,25-26,28-32H,2-14H2,1H3/t15-,16-,17?,19?,20-,21?,22?,23+,24-/m0/s1. The number of carbonyl (C=O) groups excluding carboxylic acids is 1. The van der Waals surface area contributed by atoms with E-state index in [1.807, 2.05) is 0 Å².